The van der Waals surface area contributed by atoms with E-state index in [0.29, 0.717) is 19.3 Å². The second-order valence-electron chi connectivity index (χ2n) is 20.2. The summed E-state index contributed by atoms with van der Waals surface area (Å²) in [5, 5.41) is 0. The molecule has 0 radical (unpaired) electrons. The van der Waals surface area contributed by atoms with Crippen molar-refractivity contribution >= 4 is 17.9 Å². The normalized spacial score (nSPS) is 12.9. The average Bonchev–Trinajstić information content (AvgIpc) is 3.41. The van der Waals surface area contributed by atoms with Crippen LogP contribution in [0.5, 0.6) is 0 Å². The molecule has 0 saturated carbocycles. The second-order valence-corrected chi connectivity index (χ2v) is 20.2. The van der Waals surface area contributed by atoms with Crippen molar-refractivity contribution in [3.05, 3.63) is 122 Å². The number of unbranched alkanes of at least 4 members (excludes halogenated alkanes) is 24. The van der Waals surface area contributed by atoms with Crippen LogP contribution in [0.4, 0.5) is 0 Å². The number of ether oxygens (including phenoxy) is 3. The van der Waals surface area contributed by atoms with E-state index in [1.54, 1.807) is 0 Å². The fourth-order valence-electron chi connectivity index (χ4n) is 8.32. The molecule has 75 heavy (non-hydrogen) atoms. The van der Waals surface area contributed by atoms with Crippen LogP contribution in [0.1, 0.15) is 278 Å². The molecule has 426 valence electrons. The highest BCUT2D eigenvalue weighted by atomic mass is 16.6. The van der Waals surface area contributed by atoms with Crippen LogP contribution < -0.4 is 0 Å². The zero-order valence-electron chi connectivity index (χ0n) is 48.8. The van der Waals surface area contributed by atoms with Gasteiger partial charge in [-0.15, -0.1) is 0 Å². The fourth-order valence-corrected chi connectivity index (χ4v) is 8.32. The predicted octanol–water partition coefficient (Wildman–Crippen LogP) is 21.2. The lowest BCUT2D eigenvalue weighted by Crippen LogP contribution is -2.30. The summed E-state index contributed by atoms with van der Waals surface area (Å²) in [5.41, 5.74) is 0. The molecule has 0 aromatic carbocycles. The third kappa shape index (κ3) is 60.6. The van der Waals surface area contributed by atoms with E-state index in [4.69, 9.17) is 14.2 Å². The fraction of sp³-hybridized carbons (Fsp3) is 0.667. The standard InChI is InChI=1S/C69H114O6/c1-4-7-10-13-16-19-22-25-27-29-30-31-32-33-34-35-36-37-38-39-40-41-43-44-47-50-53-56-59-62-68(71)74-65-66(64-73-67(70)61-58-55-52-49-46-24-21-18-15-12-9-6-3)75-69(72)63-60-57-54-51-48-45-42-28-26-23-20-17-14-11-8-5-2/h7,10,16,19,25,27-28,30-31,33-34,36-37,39-40,42-44,50,53,66H,4-6,8-9,11-15,17-18,20-24,26,29,32,35,38,41,45-49,51-52,54-65H2,1-3H3/b10-7-,19-16-,27-25-,31-30-,34-33-,37-36-,40-39-,42-28-,44-43-,53-50-. The third-order valence-corrected chi connectivity index (χ3v) is 13.0. The van der Waals surface area contributed by atoms with Crippen molar-refractivity contribution in [1.82, 2.24) is 0 Å². The summed E-state index contributed by atoms with van der Waals surface area (Å²) < 4.78 is 16.8. The van der Waals surface area contributed by atoms with Crippen LogP contribution in [0, 0.1) is 0 Å². The summed E-state index contributed by atoms with van der Waals surface area (Å²) in [7, 11) is 0. The summed E-state index contributed by atoms with van der Waals surface area (Å²) in [6.45, 7) is 6.47. The van der Waals surface area contributed by atoms with E-state index in [1.165, 1.54) is 116 Å². The minimum Gasteiger partial charge on any atom is -0.462 e. The summed E-state index contributed by atoms with van der Waals surface area (Å²) in [4.78, 5) is 38.2. The van der Waals surface area contributed by atoms with Crippen molar-refractivity contribution in [1.29, 1.82) is 0 Å². The summed E-state index contributed by atoms with van der Waals surface area (Å²) in [5.74, 6) is -0.967. The zero-order chi connectivity index (χ0) is 54.3. The van der Waals surface area contributed by atoms with Gasteiger partial charge in [0.1, 0.15) is 13.2 Å². The lowest BCUT2D eigenvalue weighted by Gasteiger charge is -2.18. The number of rotatable bonds is 55. The zero-order valence-corrected chi connectivity index (χ0v) is 48.8. The van der Waals surface area contributed by atoms with E-state index >= 15 is 0 Å². The molecule has 0 aliphatic rings. The van der Waals surface area contributed by atoms with Crippen LogP contribution in [0.3, 0.4) is 0 Å². The van der Waals surface area contributed by atoms with Crippen LogP contribution >= 0.6 is 0 Å². The molecule has 1 unspecified atom stereocenters. The molecule has 0 bridgehead atoms. The van der Waals surface area contributed by atoms with Crippen LogP contribution in [0.2, 0.25) is 0 Å². The van der Waals surface area contributed by atoms with Gasteiger partial charge in [0.15, 0.2) is 6.10 Å². The first-order valence-electron chi connectivity index (χ1n) is 31.0. The number of allylic oxidation sites excluding steroid dienone is 20. The highest BCUT2D eigenvalue weighted by molar-refractivity contribution is 5.71. The predicted molar refractivity (Wildman–Crippen MR) is 325 cm³/mol. The molecule has 0 aromatic rings. The van der Waals surface area contributed by atoms with Crippen LogP contribution in [0.25, 0.3) is 0 Å². The summed E-state index contributed by atoms with van der Waals surface area (Å²) >= 11 is 0. The Morgan fingerprint density at radius 1 is 0.280 bits per heavy atom. The van der Waals surface area contributed by atoms with Crippen molar-refractivity contribution in [3.63, 3.8) is 0 Å². The van der Waals surface area contributed by atoms with E-state index in [0.717, 1.165) is 116 Å². The van der Waals surface area contributed by atoms with E-state index in [1.807, 2.05) is 0 Å². The third-order valence-electron chi connectivity index (χ3n) is 13.0. The molecular weight excluding hydrogens is 925 g/mol. The maximum atomic E-state index is 12.9. The molecular formula is C69H114O6. The van der Waals surface area contributed by atoms with Gasteiger partial charge in [0.25, 0.3) is 0 Å². The van der Waals surface area contributed by atoms with Gasteiger partial charge in [0, 0.05) is 19.3 Å². The molecule has 0 N–H and O–H groups in total. The van der Waals surface area contributed by atoms with Gasteiger partial charge >= 0.3 is 17.9 Å². The quantitative estimate of drug-likeness (QED) is 0.0261. The van der Waals surface area contributed by atoms with Crippen molar-refractivity contribution in [2.24, 2.45) is 0 Å². The number of hydrogen-bond acceptors (Lipinski definition) is 6. The number of esters is 3. The van der Waals surface area contributed by atoms with Crippen molar-refractivity contribution < 1.29 is 28.6 Å². The van der Waals surface area contributed by atoms with Gasteiger partial charge < -0.3 is 14.2 Å². The molecule has 1 atom stereocenters. The van der Waals surface area contributed by atoms with Crippen LogP contribution in [-0.2, 0) is 28.6 Å². The first-order chi connectivity index (χ1) is 37.0. The smallest absolute Gasteiger partial charge is 0.306 e. The van der Waals surface area contributed by atoms with Gasteiger partial charge in [-0.3, -0.25) is 14.4 Å². The molecule has 0 rings (SSSR count). The highest BCUT2D eigenvalue weighted by Crippen LogP contribution is 2.15. The van der Waals surface area contributed by atoms with Gasteiger partial charge in [-0.1, -0.05) is 271 Å². The molecule has 0 aliphatic carbocycles. The lowest BCUT2D eigenvalue weighted by molar-refractivity contribution is -0.167. The Morgan fingerprint density at radius 3 is 0.880 bits per heavy atom. The average molecular weight is 1040 g/mol. The van der Waals surface area contributed by atoms with E-state index in [2.05, 4.69) is 142 Å². The Balaban J connectivity index is 4.42. The molecule has 0 spiro atoms. The molecule has 0 heterocycles. The molecule has 6 heteroatoms. The Kier molecular flexibility index (Phi) is 58.9. The van der Waals surface area contributed by atoms with Gasteiger partial charge in [-0.25, -0.2) is 0 Å². The number of hydrogen-bond donors (Lipinski definition) is 0. The van der Waals surface area contributed by atoms with Crippen molar-refractivity contribution in [2.75, 3.05) is 13.2 Å². The van der Waals surface area contributed by atoms with Crippen molar-refractivity contribution in [2.45, 2.75) is 284 Å². The number of carbonyl (C=O) groups is 3. The first kappa shape index (κ1) is 70.8. The highest BCUT2D eigenvalue weighted by Gasteiger charge is 2.19. The van der Waals surface area contributed by atoms with E-state index in [9.17, 15) is 14.4 Å². The minimum absolute atomic E-state index is 0.0991. The minimum atomic E-state index is -0.807. The Morgan fingerprint density at radius 2 is 0.533 bits per heavy atom. The summed E-state index contributed by atoms with van der Waals surface area (Å²) in [6, 6.07) is 0. The monoisotopic (exact) mass is 1040 g/mol. The molecule has 0 saturated heterocycles. The molecule has 0 aliphatic heterocycles. The van der Waals surface area contributed by atoms with Crippen LogP contribution in [-0.4, -0.2) is 37.2 Å². The summed E-state index contributed by atoms with van der Waals surface area (Å²) in [6.07, 6.45) is 86.3. The second kappa shape index (κ2) is 62.4. The van der Waals surface area contributed by atoms with Gasteiger partial charge in [-0.05, 0) is 109 Å². The SMILES string of the molecule is CC/C=C\C/C=C\C/C=C\C/C=C\C/C=C\C/C=C\C/C=C\C/C=C\C/C=C\CCCC(=O)OCC(COC(=O)CCCCCCCCCCCCCC)OC(=O)CCCCCCC/C=C\CCCCCCCCC. The van der Waals surface area contributed by atoms with Gasteiger partial charge in [0.2, 0.25) is 0 Å². The van der Waals surface area contributed by atoms with E-state index in [-0.39, 0.29) is 37.5 Å². The van der Waals surface area contributed by atoms with Gasteiger partial charge in [0.05, 0.1) is 0 Å². The topological polar surface area (TPSA) is 78.9 Å². The van der Waals surface area contributed by atoms with Crippen molar-refractivity contribution in [3.8, 4) is 0 Å². The number of carbonyl (C=O) groups excluding carboxylic acids is 3. The lowest BCUT2D eigenvalue weighted by atomic mass is 10.0. The Bertz CT molecular complexity index is 1570. The largest absolute Gasteiger partial charge is 0.462 e. The van der Waals surface area contributed by atoms with Crippen LogP contribution in [0.15, 0.2) is 122 Å². The maximum Gasteiger partial charge on any atom is 0.306 e. The molecule has 6 nitrogen and oxygen atoms in total. The first-order valence-corrected chi connectivity index (χ1v) is 31.0. The Hall–Kier alpha value is -4.19. The maximum absolute atomic E-state index is 12.9. The molecule has 0 amide bonds. The molecule has 0 aromatic heterocycles. The van der Waals surface area contributed by atoms with E-state index < -0.39 is 6.10 Å². The van der Waals surface area contributed by atoms with Gasteiger partial charge in [-0.2, -0.15) is 0 Å². The molecule has 0 fully saturated rings. The Labute approximate surface area is 462 Å².